The molecule has 0 saturated carbocycles. The van der Waals surface area contributed by atoms with Crippen LogP contribution in [0.25, 0.3) is 0 Å². The number of rotatable bonds is 4. The maximum Gasteiger partial charge on any atom is 0.257 e. The summed E-state index contributed by atoms with van der Waals surface area (Å²) in [7, 11) is 0. The maximum absolute atomic E-state index is 13.7. The lowest BCUT2D eigenvalue weighted by Crippen LogP contribution is -2.13. The van der Waals surface area contributed by atoms with E-state index in [9.17, 15) is 9.18 Å². The molecule has 2 N–H and O–H groups in total. The van der Waals surface area contributed by atoms with E-state index < -0.39 is 11.7 Å². The molecule has 6 nitrogen and oxygen atoms in total. The molecule has 3 aromatic rings. The van der Waals surface area contributed by atoms with Crippen LogP contribution >= 0.6 is 0 Å². The van der Waals surface area contributed by atoms with Crippen LogP contribution in [0.2, 0.25) is 0 Å². The molecule has 1 aromatic heterocycles. The average Bonchev–Trinajstić information content (AvgIpc) is 3.11. The van der Waals surface area contributed by atoms with Crippen LogP contribution in [0.1, 0.15) is 10.4 Å². The van der Waals surface area contributed by atoms with Crippen molar-refractivity contribution in [2.75, 3.05) is 17.4 Å². The van der Waals surface area contributed by atoms with Crippen LogP contribution in [0.5, 0.6) is 11.5 Å². The van der Waals surface area contributed by atoms with E-state index in [1.54, 1.807) is 36.5 Å². The molecule has 0 unspecified atom stereocenters. The van der Waals surface area contributed by atoms with Gasteiger partial charge in [0.15, 0.2) is 11.5 Å². The minimum absolute atomic E-state index is 0.117. The SMILES string of the molecule is O=C(Nc1ccccc1F)c1cncc(Nc2ccc3c(c2)OCO3)c1. The number of aromatic nitrogens is 1. The minimum Gasteiger partial charge on any atom is -0.454 e. The number of nitrogens with one attached hydrogen (secondary N) is 2. The number of ether oxygens (including phenoxy) is 2. The van der Waals surface area contributed by atoms with Gasteiger partial charge in [-0.1, -0.05) is 12.1 Å². The summed E-state index contributed by atoms with van der Waals surface area (Å²) in [5.74, 6) is 0.392. The Bertz CT molecular complexity index is 978. The third kappa shape index (κ3) is 3.27. The van der Waals surface area contributed by atoms with E-state index >= 15 is 0 Å². The Balaban J connectivity index is 1.51. The van der Waals surface area contributed by atoms with Crippen LogP contribution in [-0.4, -0.2) is 17.7 Å². The molecule has 4 rings (SSSR count). The van der Waals surface area contributed by atoms with Crippen LogP contribution in [-0.2, 0) is 0 Å². The third-order valence-electron chi connectivity index (χ3n) is 3.78. The molecule has 0 saturated heterocycles. The molecule has 2 aromatic carbocycles. The fourth-order valence-electron chi connectivity index (χ4n) is 2.53. The molecule has 2 heterocycles. The van der Waals surface area contributed by atoms with Gasteiger partial charge in [0.1, 0.15) is 5.82 Å². The van der Waals surface area contributed by atoms with Crippen molar-refractivity contribution in [1.29, 1.82) is 0 Å². The first-order valence-corrected chi connectivity index (χ1v) is 7.87. The van der Waals surface area contributed by atoms with E-state index in [0.717, 1.165) is 5.69 Å². The van der Waals surface area contributed by atoms with Crippen LogP contribution in [0.3, 0.4) is 0 Å². The Morgan fingerprint density at radius 1 is 1.00 bits per heavy atom. The summed E-state index contributed by atoms with van der Waals surface area (Å²) in [4.78, 5) is 16.4. The van der Waals surface area contributed by atoms with Gasteiger partial charge in [-0.05, 0) is 30.3 Å². The maximum atomic E-state index is 13.7. The average molecular weight is 351 g/mol. The van der Waals surface area contributed by atoms with Crippen molar-refractivity contribution in [2.45, 2.75) is 0 Å². The Hall–Kier alpha value is -3.61. The molecule has 0 radical (unpaired) electrons. The van der Waals surface area contributed by atoms with Gasteiger partial charge in [-0.3, -0.25) is 9.78 Å². The number of benzene rings is 2. The van der Waals surface area contributed by atoms with E-state index in [4.69, 9.17) is 9.47 Å². The van der Waals surface area contributed by atoms with Crippen molar-refractivity contribution in [3.8, 4) is 11.5 Å². The number of anilines is 3. The number of halogens is 1. The van der Waals surface area contributed by atoms with Gasteiger partial charge < -0.3 is 20.1 Å². The molecule has 1 aliphatic heterocycles. The molecule has 0 spiro atoms. The molecule has 0 fully saturated rings. The third-order valence-corrected chi connectivity index (χ3v) is 3.78. The molecule has 0 atom stereocenters. The highest BCUT2D eigenvalue weighted by Gasteiger charge is 2.14. The molecule has 0 bridgehead atoms. The highest BCUT2D eigenvalue weighted by atomic mass is 19.1. The number of pyridine rings is 1. The van der Waals surface area contributed by atoms with E-state index in [1.807, 2.05) is 6.07 Å². The summed E-state index contributed by atoms with van der Waals surface area (Å²) in [6.45, 7) is 0.200. The normalized spacial score (nSPS) is 11.9. The van der Waals surface area contributed by atoms with Gasteiger partial charge in [-0.15, -0.1) is 0 Å². The first-order valence-electron chi connectivity index (χ1n) is 7.87. The second-order valence-electron chi connectivity index (χ2n) is 5.59. The molecule has 0 aliphatic carbocycles. The van der Waals surface area contributed by atoms with Crippen LogP contribution in [0.15, 0.2) is 60.9 Å². The van der Waals surface area contributed by atoms with Gasteiger partial charge in [0.25, 0.3) is 5.91 Å². The lowest BCUT2D eigenvalue weighted by Gasteiger charge is -2.09. The van der Waals surface area contributed by atoms with E-state index in [0.29, 0.717) is 22.7 Å². The van der Waals surface area contributed by atoms with Crippen LogP contribution in [0.4, 0.5) is 21.5 Å². The fraction of sp³-hybridized carbons (Fsp3) is 0.0526. The summed E-state index contributed by atoms with van der Waals surface area (Å²) in [5, 5.41) is 5.69. The van der Waals surface area contributed by atoms with E-state index in [1.165, 1.54) is 18.3 Å². The van der Waals surface area contributed by atoms with Gasteiger partial charge >= 0.3 is 0 Å². The lowest BCUT2D eigenvalue weighted by atomic mass is 10.2. The van der Waals surface area contributed by atoms with Crippen molar-refractivity contribution < 1.29 is 18.7 Å². The molecular weight excluding hydrogens is 337 g/mol. The number of para-hydroxylation sites is 1. The summed E-state index contributed by atoms with van der Waals surface area (Å²) in [6.07, 6.45) is 3.01. The quantitative estimate of drug-likeness (QED) is 0.745. The Morgan fingerprint density at radius 2 is 1.85 bits per heavy atom. The Kier molecular flexibility index (Phi) is 4.10. The predicted molar refractivity (Wildman–Crippen MR) is 94.4 cm³/mol. The van der Waals surface area contributed by atoms with E-state index in [2.05, 4.69) is 15.6 Å². The van der Waals surface area contributed by atoms with Crippen LogP contribution < -0.4 is 20.1 Å². The van der Waals surface area contributed by atoms with Crippen molar-refractivity contribution in [3.63, 3.8) is 0 Å². The fourth-order valence-corrected chi connectivity index (χ4v) is 2.53. The van der Waals surface area contributed by atoms with Crippen molar-refractivity contribution in [2.24, 2.45) is 0 Å². The largest absolute Gasteiger partial charge is 0.454 e. The summed E-state index contributed by atoms with van der Waals surface area (Å²) >= 11 is 0. The number of carbonyl (C=O) groups excluding carboxylic acids is 1. The molecule has 1 aliphatic rings. The van der Waals surface area contributed by atoms with Crippen LogP contribution in [0, 0.1) is 5.82 Å². The molecule has 7 heteroatoms. The number of hydrogen-bond acceptors (Lipinski definition) is 5. The monoisotopic (exact) mass is 351 g/mol. The summed E-state index contributed by atoms with van der Waals surface area (Å²) < 4.78 is 24.3. The standard InChI is InChI=1S/C19H14FN3O3/c20-15-3-1-2-4-16(15)23-19(24)12-7-14(10-21-9-12)22-13-5-6-17-18(8-13)26-11-25-17/h1-10,22H,11H2,(H,23,24). The van der Waals surface area contributed by atoms with Gasteiger partial charge in [-0.25, -0.2) is 4.39 Å². The zero-order valence-electron chi connectivity index (χ0n) is 13.5. The first-order chi connectivity index (χ1) is 12.7. The zero-order chi connectivity index (χ0) is 17.9. The Labute approximate surface area is 148 Å². The van der Waals surface area contributed by atoms with Crippen molar-refractivity contribution in [3.05, 3.63) is 72.3 Å². The number of carbonyl (C=O) groups is 1. The first kappa shape index (κ1) is 15.9. The highest BCUT2D eigenvalue weighted by molar-refractivity contribution is 6.04. The zero-order valence-corrected chi connectivity index (χ0v) is 13.5. The van der Waals surface area contributed by atoms with Gasteiger partial charge in [0.2, 0.25) is 6.79 Å². The number of nitrogens with zero attached hydrogens (tertiary/aromatic N) is 1. The molecular formula is C19H14FN3O3. The van der Waals surface area contributed by atoms with Gasteiger partial charge in [-0.2, -0.15) is 0 Å². The number of hydrogen-bond donors (Lipinski definition) is 2. The van der Waals surface area contributed by atoms with Crippen molar-refractivity contribution >= 4 is 23.0 Å². The lowest BCUT2D eigenvalue weighted by molar-refractivity contribution is 0.102. The minimum atomic E-state index is -0.497. The molecule has 130 valence electrons. The summed E-state index contributed by atoms with van der Waals surface area (Å²) in [6, 6.07) is 13.0. The number of amides is 1. The molecule has 1 amide bonds. The Morgan fingerprint density at radius 3 is 2.73 bits per heavy atom. The predicted octanol–water partition coefficient (Wildman–Crippen LogP) is 3.95. The smallest absolute Gasteiger partial charge is 0.257 e. The van der Waals surface area contributed by atoms with Crippen molar-refractivity contribution in [1.82, 2.24) is 4.98 Å². The van der Waals surface area contributed by atoms with Gasteiger partial charge in [0, 0.05) is 18.0 Å². The summed E-state index contributed by atoms with van der Waals surface area (Å²) in [5.41, 5.74) is 1.80. The molecule has 26 heavy (non-hydrogen) atoms. The number of fused-ring (bicyclic) bond motifs is 1. The van der Waals surface area contributed by atoms with Gasteiger partial charge in [0.05, 0.1) is 23.1 Å². The second kappa shape index (κ2) is 6.72. The topological polar surface area (TPSA) is 72.5 Å². The highest BCUT2D eigenvalue weighted by Crippen LogP contribution is 2.35. The second-order valence-corrected chi connectivity index (χ2v) is 5.59. The van der Waals surface area contributed by atoms with E-state index in [-0.39, 0.29) is 12.5 Å².